The van der Waals surface area contributed by atoms with Crippen molar-refractivity contribution in [2.45, 2.75) is 50.3 Å². The second-order valence-corrected chi connectivity index (χ2v) is 9.30. The number of nitrogens with one attached hydrogen (secondary N) is 1. The van der Waals surface area contributed by atoms with Gasteiger partial charge in [0.25, 0.3) is 0 Å². The Hall–Kier alpha value is -2.89. The number of carbonyl (C=O) groups excluding carboxylic acids is 1. The molecule has 1 aromatic carbocycles. The van der Waals surface area contributed by atoms with E-state index in [9.17, 15) is 10.1 Å². The Bertz CT molecular complexity index is 1090. The van der Waals surface area contributed by atoms with Crippen LogP contribution in [0.25, 0.3) is 11.3 Å². The molecule has 8 heteroatoms. The normalized spacial score (nSPS) is 11.6. The van der Waals surface area contributed by atoms with Gasteiger partial charge in [0.1, 0.15) is 16.8 Å². The SMILES string of the molecule is CCCCc1ccc(C#N)c(SC(C)C(=O)Nc2nc(-c3ccc(OCC)cc3)cs2)n1. The predicted molar refractivity (Wildman–Crippen MR) is 130 cm³/mol. The van der Waals surface area contributed by atoms with Crippen molar-refractivity contribution in [1.82, 2.24) is 9.97 Å². The van der Waals surface area contributed by atoms with Crippen LogP contribution in [0.1, 0.15) is 44.9 Å². The Morgan fingerprint density at radius 3 is 2.69 bits per heavy atom. The molecule has 0 spiro atoms. The molecule has 0 bridgehead atoms. The summed E-state index contributed by atoms with van der Waals surface area (Å²) >= 11 is 2.67. The molecule has 1 N–H and O–H groups in total. The number of nitriles is 1. The Labute approximate surface area is 197 Å². The number of pyridine rings is 1. The third-order valence-corrected chi connectivity index (χ3v) is 6.54. The molecule has 6 nitrogen and oxygen atoms in total. The molecule has 166 valence electrons. The summed E-state index contributed by atoms with van der Waals surface area (Å²) in [5, 5.41) is 14.9. The Balaban J connectivity index is 1.64. The van der Waals surface area contributed by atoms with Crippen molar-refractivity contribution in [3.63, 3.8) is 0 Å². The van der Waals surface area contributed by atoms with Gasteiger partial charge in [0.05, 0.1) is 23.1 Å². The first-order chi connectivity index (χ1) is 15.5. The number of ether oxygens (including phenoxy) is 1. The van der Waals surface area contributed by atoms with Crippen molar-refractivity contribution >= 4 is 34.1 Å². The third-order valence-electron chi connectivity index (χ3n) is 4.68. The van der Waals surface area contributed by atoms with Crippen molar-refractivity contribution in [2.75, 3.05) is 11.9 Å². The molecule has 0 aliphatic carbocycles. The summed E-state index contributed by atoms with van der Waals surface area (Å²) in [5.41, 5.74) is 3.19. The van der Waals surface area contributed by atoms with Gasteiger partial charge < -0.3 is 10.1 Å². The first-order valence-corrected chi connectivity index (χ1v) is 12.4. The lowest BCUT2D eigenvalue weighted by Gasteiger charge is -2.12. The van der Waals surface area contributed by atoms with E-state index in [4.69, 9.17) is 4.74 Å². The molecule has 0 aliphatic rings. The second kappa shape index (κ2) is 11.7. The van der Waals surface area contributed by atoms with Gasteiger partial charge in [-0.25, -0.2) is 9.97 Å². The number of rotatable bonds is 10. The van der Waals surface area contributed by atoms with Crippen molar-refractivity contribution in [1.29, 1.82) is 5.26 Å². The lowest BCUT2D eigenvalue weighted by molar-refractivity contribution is -0.115. The predicted octanol–water partition coefficient (Wildman–Crippen LogP) is 5.94. The number of aromatic nitrogens is 2. The summed E-state index contributed by atoms with van der Waals surface area (Å²) in [6.07, 6.45) is 2.99. The monoisotopic (exact) mass is 466 g/mol. The lowest BCUT2D eigenvalue weighted by atomic mass is 10.2. The van der Waals surface area contributed by atoms with Crippen molar-refractivity contribution < 1.29 is 9.53 Å². The molecule has 0 saturated heterocycles. The maximum atomic E-state index is 12.7. The molecule has 1 atom stereocenters. The van der Waals surface area contributed by atoms with Crippen molar-refractivity contribution in [2.24, 2.45) is 0 Å². The molecule has 0 saturated carbocycles. The van der Waals surface area contributed by atoms with Crippen molar-refractivity contribution in [3.05, 3.63) is 53.0 Å². The number of anilines is 1. The zero-order valence-corrected chi connectivity index (χ0v) is 20.1. The van der Waals surface area contributed by atoms with Gasteiger partial charge in [-0.1, -0.05) is 25.1 Å². The number of benzene rings is 1. The van der Waals surface area contributed by atoms with E-state index in [1.165, 1.54) is 23.1 Å². The highest BCUT2D eigenvalue weighted by molar-refractivity contribution is 8.00. The number of thiazole rings is 1. The fourth-order valence-corrected chi connectivity index (χ4v) is 4.57. The van der Waals surface area contributed by atoms with E-state index in [2.05, 4.69) is 28.3 Å². The summed E-state index contributed by atoms with van der Waals surface area (Å²) < 4.78 is 5.47. The van der Waals surface area contributed by atoms with Crippen molar-refractivity contribution in [3.8, 4) is 23.1 Å². The van der Waals surface area contributed by atoms with Gasteiger partial charge in [-0.15, -0.1) is 11.3 Å². The summed E-state index contributed by atoms with van der Waals surface area (Å²) in [6.45, 7) is 6.51. The summed E-state index contributed by atoms with van der Waals surface area (Å²) in [6, 6.07) is 13.6. The molecule has 32 heavy (non-hydrogen) atoms. The van der Waals surface area contributed by atoms with Gasteiger partial charge in [0.2, 0.25) is 5.91 Å². The number of nitrogens with zero attached hydrogens (tertiary/aromatic N) is 3. The van der Waals surface area contributed by atoms with E-state index in [0.717, 1.165) is 42.0 Å². The molecule has 2 heterocycles. The molecule has 0 fully saturated rings. The fraction of sp³-hybridized carbons (Fsp3) is 0.333. The Kier molecular flexibility index (Phi) is 8.65. The van der Waals surface area contributed by atoms with Crippen LogP contribution in [0.5, 0.6) is 5.75 Å². The third kappa shape index (κ3) is 6.31. The van der Waals surface area contributed by atoms with E-state index in [-0.39, 0.29) is 5.91 Å². The molecule has 0 radical (unpaired) electrons. The quantitative estimate of drug-likeness (QED) is 0.372. The van der Waals surface area contributed by atoms with Gasteiger partial charge in [-0.2, -0.15) is 5.26 Å². The van der Waals surface area contributed by atoms with Gasteiger partial charge in [-0.3, -0.25) is 4.79 Å². The highest BCUT2D eigenvalue weighted by Crippen LogP contribution is 2.29. The number of carbonyl (C=O) groups is 1. The van der Waals surface area contributed by atoms with Gasteiger partial charge in [0, 0.05) is 16.6 Å². The Morgan fingerprint density at radius 2 is 2.00 bits per heavy atom. The number of hydrogen-bond donors (Lipinski definition) is 1. The van der Waals surface area contributed by atoms with Crippen LogP contribution in [-0.4, -0.2) is 27.7 Å². The van der Waals surface area contributed by atoms with Crippen LogP contribution in [0.3, 0.4) is 0 Å². The van der Waals surface area contributed by atoms with Crippen LogP contribution in [0, 0.1) is 11.3 Å². The molecule has 3 rings (SSSR count). The molecular weight excluding hydrogens is 440 g/mol. The van der Waals surface area contributed by atoms with E-state index in [1.54, 1.807) is 6.07 Å². The number of hydrogen-bond acceptors (Lipinski definition) is 7. The largest absolute Gasteiger partial charge is 0.494 e. The highest BCUT2D eigenvalue weighted by Gasteiger charge is 2.19. The number of unbranched alkanes of at least 4 members (excludes halogenated alkanes) is 1. The first kappa shape index (κ1) is 23.8. The van der Waals surface area contributed by atoms with E-state index in [0.29, 0.717) is 22.3 Å². The van der Waals surface area contributed by atoms with Crippen LogP contribution < -0.4 is 10.1 Å². The number of thioether (sulfide) groups is 1. The van der Waals surface area contributed by atoms with E-state index < -0.39 is 5.25 Å². The molecule has 1 unspecified atom stereocenters. The topological polar surface area (TPSA) is 87.9 Å². The molecule has 2 aromatic heterocycles. The maximum absolute atomic E-state index is 12.7. The number of amides is 1. The zero-order valence-electron chi connectivity index (χ0n) is 18.4. The minimum atomic E-state index is -0.422. The average molecular weight is 467 g/mol. The summed E-state index contributed by atoms with van der Waals surface area (Å²) in [7, 11) is 0. The average Bonchev–Trinajstić information content (AvgIpc) is 3.27. The Morgan fingerprint density at radius 1 is 1.22 bits per heavy atom. The summed E-state index contributed by atoms with van der Waals surface area (Å²) in [5.74, 6) is 0.641. The number of aryl methyl sites for hydroxylation is 1. The minimum Gasteiger partial charge on any atom is -0.494 e. The van der Waals surface area contributed by atoms with Crippen LogP contribution in [0.2, 0.25) is 0 Å². The molecular formula is C24H26N4O2S2. The minimum absolute atomic E-state index is 0.174. The smallest absolute Gasteiger partial charge is 0.239 e. The fourth-order valence-electron chi connectivity index (χ4n) is 2.93. The second-order valence-electron chi connectivity index (χ2n) is 7.12. The standard InChI is InChI=1S/C24H26N4O2S2/c1-4-6-7-19-11-8-18(14-25)23(26-19)32-16(3)22(29)28-24-27-21(15-31-24)17-9-12-20(13-10-17)30-5-2/h8-13,15-16H,4-7H2,1-3H3,(H,27,28,29). The van der Waals surface area contributed by atoms with E-state index in [1.807, 2.05) is 49.6 Å². The van der Waals surface area contributed by atoms with Crippen LogP contribution in [-0.2, 0) is 11.2 Å². The highest BCUT2D eigenvalue weighted by atomic mass is 32.2. The van der Waals surface area contributed by atoms with Crippen LogP contribution >= 0.6 is 23.1 Å². The zero-order chi connectivity index (χ0) is 22.9. The summed E-state index contributed by atoms with van der Waals surface area (Å²) in [4.78, 5) is 21.9. The maximum Gasteiger partial charge on any atom is 0.239 e. The molecule has 1 amide bonds. The lowest BCUT2D eigenvalue weighted by Crippen LogP contribution is -2.22. The molecule has 0 aliphatic heterocycles. The van der Waals surface area contributed by atoms with Crippen LogP contribution in [0.4, 0.5) is 5.13 Å². The van der Waals surface area contributed by atoms with E-state index >= 15 is 0 Å². The van der Waals surface area contributed by atoms with Gasteiger partial charge in [0.15, 0.2) is 5.13 Å². The van der Waals surface area contributed by atoms with Gasteiger partial charge >= 0.3 is 0 Å². The first-order valence-electron chi connectivity index (χ1n) is 10.6. The van der Waals surface area contributed by atoms with Gasteiger partial charge in [-0.05, 0) is 63.1 Å². The van der Waals surface area contributed by atoms with Crippen LogP contribution in [0.15, 0.2) is 46.8 Å². The molecule has 3 aromatic rings.